The third kappa shape index (κ3) is 2.20. The monoisotopic (exact) mass is 237 g/mol. The first-order valence-corrected chi connectivity index (χ1v) is 5.31. The molecule has 0 fully saturated rings. The molecule has 0 aliphatic carbocycles. The Morgan fingerprint density at radius 2 is 2.23 bits per heavy atom. The molecular formula is C11H12BrN. The van der Waals surface area contributed by atoms with E-state index >= 15 is 0 Å². The zero-order valence-electron chi connectivity index (χ0n) is 7.39. The van der Waals surface area contributed by atoms with Crippen LogP contribution in [0.25, 0.3) is 5.57 Å². The summed E-state index contributed by atoms with van der Waals surface area (Å²) < 4.78 is 1.16. The summed E-state index contributed by atoms with van der Waals surface area (Å²) in [5, 5.41) is 3.31. The molecule has 0 aromatic heterocycles. The molecule has 68 valence electrons. The van der Waals surface area contributed by atoms with Crippen molar-refractivity contribution >= 4 is 21.5 Å². The van der Waals surface area contributed by atoms with Gasteiger partial charge in [0.25, 0.3) is 0 Å². The zero-order valence-corrected chi connectivity index (χ0v) is 8.97. The van der Waals surface area contributed by atoms with Gasteiger partial charge in [0.15, 0.2) is 0 Å². The van der Waals surface area contributed by atoms with Crippen molar-refractivity contribution < 1.29 is 0 Å². The van der Waals surface area contributed by atoms with Crippen molar-refractivity contribution in [3.05, 3.63) is 40.4 Å². The minimum absolute atomic E-state index is 1.00. The highest BCUT2D eigenvalue weighted by Crippen LogP contribution is 2.22. The Bertz CT molecular complexity index is 331. The molecule has 0 spiro atoms. The van der Waals surface area contributed by atoms with Gasteiger partial charge in [-0.1, -0.05) is 34.1 Å². The Hall–Kier alpha value is -0.600. The van der Waals surface area contributed by atoms with Gasteiger partial charge < -0.3 is 5.32 Å². The molecule has 1 N–H and O–H groups in total. The van der Waals surface area contributed by atoms with Crippen LogP contribution >= 0.6 is 15.9 Å². The molecule has 0 saturated carbocycles. The molecule has 2 rings (SSSR count). The summed E-state index contributed by atoms with van der Waals surface area (Å²) in [5.74, 6) is 0. The topological polar surface area (TPSA) is 12.0 Å². The van der Waals surface area contributed by atoms with Crippen LogP contribution in [0.1, 0.15) is 12.0 Å². The SMILES string of the molecule is Brc1cccc(C2=CCNCC2)c1. The maximum absolute atomic E-state index is 3.49. The summed E-state index contributed by atoms with van der Waals surface area (Å²) in [4.78, 5) is 0. The van der Waals surface area contributed by atoms with Gasteiger partial charge >= 0.3 is 0 Å². The van der Waals surface area contributed by atoms with Crippen LogP contribution in [-0.4, -0.2) is 13.1 Å². The average molecular weight is 238 g/mol. The highest BCUT2D eigenvalue weighted by molar-refractivity contribution is 9.10. The molecule has 13 heavy (non-hydrogen) atoms. The molecule has 2 heteroatoms. The minimum atomic E-state index is 1.00. The standard InChI is InChI=1S/C11H12BrN/c12-11-3-1-2-10(8-11)9-4-6-13-7-5-9/h1-4,8,13H,5-7H2. The molecule has 0 atom stereocenters. The summed E-state index contributed by atoms with van der Waals surface area (Å²) in [6.45, 7) is 2.10. The van der Waals surface area contributed by atoms with Crippen molar-refractivity contribution in [3.8, 4) is 0 Å². The van der Waals surface area contributed by atoms with E-state index in [0.29, 0.717) is 0 Å². The van der Waals surface area contributed by atoms with E-state index in [-0.39, 0.29) is 0 Å². The molecule has 1 nitrogen and oxygen atoms in total. The Morgan fingerprint density at radius 1 is 1.31 bits per heavy atom. The molecule has 0 amide bonds. The fraction of sp³-hybridized carbons (Fsp3) is 0.273. The lowest BCUT2D eigenvalue weighted by Gasteiger charge is -2.14. The summed E-state index contributed by atoms with van der Waals surface area (Å²) in [5.41, 5.74) is 2.80. The van der Waals surface area contributed by atoms with Crippen molar-refractivity contribution in [2.75, 3.05) is 13.1 Å². The molecule has 1 aromatic carbocycles. The molecule has 1 aliphatic rings. The highest BCUT2D eigenvalue weighted by Gasteiger charge is 2.04. The van der Waals surface area contributed by atoms with Crippen LogP contribution in [0.2, 0.25) is 0 Å². The first-order chi connectivity index (χ1) is 6.36. The van der Waals surface area contributed by atoms with E-state index < -0.39 is 0 Å². The number of nitrogens with one attached hydrogen (secondary N) is 1. The fourth-order valence-electron chi connectivity index (χ4n) is 1.57. The highest BCUT2D eigenvalue weighted by atomic mass is 79.9. The van der Waals surface area contributed by atoms with Crippen molar-refractivity contribution in [1.82, 2.24) is 5.32 Å². The van der Waals surface area contributed by atoms with E-state index in [4.69, 9.17) is 0 Å². The third-order valence-corrected chi connectivity index (χ3v) is 2.75. The molecule has 0 unspecified atom stereocenters. The normalized spacial score (nSPS) is 16.8. The van der Waals surface area contributed by atoms with Gasteiger partial charge in [-0.2, -0.15) is 0 Å². The fourth-order valence-corrected chi connectivity index (χ4v) is 1.97. The molecule has 1 aromatic rings. The van der Waals surface area contributed by atoms with Crippen molar-refractivity contribution in [1.29, 1.82) is 0 Å². The quantitative estimate of drug-likeness (QED) is 0.793. The van der Waals surface area contributed by atoms with E-state index in [1.165, 1.54) is 11.1 Å². The van der Waals surface area contributed by atoms with E-state index in [1.807, 2.05) is 0 Å². The van der Waals surface area contributed by atoms with Crippen LogP contribution in [-0.2, 0) is 0 Å². The second-order valence-electron chi connectivity index (χ2n) is 3.19. The number of halogens is 1. The maximum atomic E-state index is 3.49. The Kier molecular flexibility index (Phi) is 2.81. The van der Waals surface area contributed by atoms with Gasteiger partial charge in [0.1, 0.15) is 0 Å². The predicted octanol–water partition coefficient (Wildman–Crippen LogP) is 2.83. The van der Waals surface area contributed by atoms with Gasteiger partial charge in [0.05, 0.1) is 0 Å². The van der Waals surface area contributed by atoms with Gasteiger partial charge in [-0.3, -0.25) is 0 Å². The smallest absolute Gasteiger partial charge is 0.0181 e. The largest absolute Gasteiger partial charge is 0.313 e. The van der Waals surface area contributed by atoms with Crippen LogP contribution in [0, 0.1) is 0 Å². The van der Waals surface area contributed by atoms with Crippen LogP contribution in [0.4, 0.5) is 0 Å². The second kappa shape index (κ2) is 4.07. The Morgan fingerprint density at radius 3 is 2.92 bits per heavy atom. The summed E-state index contributed by atoms with van der Waals surface area (Å²) in [6.07, 6.45) is 3.40. The number of rotatable bonds is 1. The molecule has 1 aliphatic heterocycles. The van der Waals surface area contributed by atoms with Crippen molar-refractivity contribution in [2.45, 2.75) is 6.42 Å². The summed E-state index contributed by atoms with van der Waals surface area (Å²) >= 11 is 3.49. The number of hydrogen-bond donors (Lipinski definition) is 1. The molecule has 0 saturated heterocycles. The van der Waals surface area contributed by atoms with E-state index in [9.17, 15) is 0 Å². The zero-order chi connectivity index (χ0) is 9.10. The molecular weight excluding hydrogens is 226 g/mol. The van der Waals surface area contributed by atoms with Crippen LogP contribution < -0.4 is 5.32 Å². The first-order valence-electron chi connectivity index (χ1n) is 4.52. The molecule has 0 bridgehead atoms. The number of hydrogen-bond acceptors (Lipinski definition) is 1. The Balaban J connectivity index is 2.29. The van der Waals surface area contributed by atoms with E-state index in [0.717, 1.165) is 24.0 Å². The molecule has 0 radical (unpaired) electrons. The van der Waals surface area contributed by atoms with Crippen molar-refractivity contribution in [3.63, 3.8) is 0 Å². The van der Waals surface area contributed by atoms with Crippen LogP contribution in [0.3, 0.4) is 0 Å². The van der Waals surface area contributed by atoms with Gasteiger partial charge in [0.2, 0.25) is 0 Å². The number of benzene rings is 1. The predicted molar refractivity (Wildman–Crippen MR) is 59.6 cm³/mol. The van der Waals surface area contributed by atoms with Crippen LogP contribution in [0.5, 0.6) is 0 Å². The maximum Gasteiger partial charge on any atom is 0.0181 e. The van der Waals surface area contributed by atoms with Crippen LogP contribution in [0.15, 0.2) is 34.8 Å². The Labute approximate surface area is 87.0 Å². The van der Waals surface area contributed by atoms with Gasteiger partial charge in [0, 0.05) is 11.0 Å². The second-order valence-corrected chi connectivity index (χ2v) is 4.11. The lowest BCUT2D eigenvalue weighted by atomic mass is 10.0. The minimum Gasteiger partial charge on any atom is -0.313 e. The first kappa shape index (κ1) is 8.97. The van der Waals surface area contributed by atoms with Gasteiger partial charge in [-0.25, -0.2) is 0 Å². The van der Waals surface area contributed by atoms with Crippen molar-refractivity contribution in [2.24, 2.45) is 0 Å². The lowest BCUT2D eigenvalue weighted by Crippen LogP contribution is -2.19. The van der Waals surface area contributed by atoms with Gasteiger partial charge in [-0.15, -0.1) is 0 Å². The summed E-state index contributed by atoms with van der Waals surface area (Å²) in [7, 11) is 0. The summed E-state index contributed by atoms with van der Waals surface area (Å²) in [6, 6.07) is 8.49. The third-order valence-electron chi connectivity index (χ3n) is 2.26. The van der Waals surface area contributed by atoms with E-state index in [2.05, 4.69) is 51.6 Å². The van der Waals surface area contributed by atoms with E-state index in [1.54, 1.807) is 0 Å². The average Bonchev–Trinajstić information content (AvgIpc) is 2.19. The molecule has 1 heterocycles. The van der Waals surface area contributed by atoms with Gasteiger partial charge in [-0.05, 0) is 36.2 Å². The lowest BCUT2D eigenvalue weighted by molar-refractivity contribution is 0.738.